The molecule has 0 saturated carbocycles. The molecule has 4 aromatic heterocycles. The second-order valence-electron chi connectivity index (χ2n) is 16.6. The van der Waals surface area contributed by atoms with Crippen molar-refractivity contribution in [2.75, 3.05) is 0 Å². The number of oxazole rings is 1. The van der Waals surface area contributed by atoms with E-state index in [2.05, 4.69) is 87.3 Å². The molecule has 0 bridgehead atoms. The molecule has 0 spiro atoms. The predicted molar refractivity (Wildman–Crippen MR) is 213 cm³/mol. The van der Waals surface area contributed by atoms with Gasteiger partial charge in [-0.15, -0.1) is 35.9 Å². The SMILES string of the molecule is CC(C)(C)c1ccnc(-c2[c-]cccc2)c1.[2H]C([2H])([2H])c1cnc(-c2[c-]ccc3c2oc2c3ccc3oc(C(C)(C)C)nc32)cc1C1([2H])C[CH2][Ge]([CH3])([CH3])[CH2]C1.[Ir]. The molecule has 0 amide bonds. The number of rotatable bonds is 3. The molecular formula is C45H49GeIrN3O2-2. The van der Waals surface area contributed by atoms with E-state index >= 15 is 0 Å². The van der Waals surface area contributed by atoms with Crippen LogP contribution in [-0.4, -0.2) is 28.2 Å². The van der Waals surface area contributed by atoms with Crippen LogP contribution in [0.1, 0.15) is 88.3 Å². The normalized spacial score (nSPS) is 17.0. The van der Waals surface area contributed by atoms with Gasteiger partial charge in [0, 0.05) is 31.7 Å². The Kier molecular flexibility index (Phi) is 9.33. The first-order valence-corrected chi connectivity index (χ1v) is 25.0. The molecule has 0 N–H and O–H groups in total. The fourth-order valence-corrected chi connectivity index (χ4v) is 11.3. The van der Waals surface area contributed by atoms with Crippen LogP contribution in [0.5, 0.6) is 0 Å². The summed E-state index contributed by atoms with van der Waals surface area (Å²) in [5.41, 5.74) is 7.78. The van der Waals surface area contributed by atoms with E-state index in [0.29, 0.717) is 57.8 Å². The summed E-state index contributed by atoms with van der Waals surface area (Å²) in [5, 5.41) is 3.92. The molecule has 0 unspecified atom stereocenters. The Balaban J connectivity index is 0.000000263. The summed E-state index contributed by atoms with van der Waals surface area (Å²) in [7, 11) is 0. The summed E-state index contributed by atoms with van der Waals surface area (Å²) >= 11 is -1.88. The van der Waals surface area contributed by atoms with Gasteiger partial charge in [-0.3, -0.25) is 0 Å². The molecule has 0 atom stereocenters. The first kappa shape index (κ1) is 33.0. The van der Waals surface area contributed by atoms with Gasteiger partial charge >= 0.3 is 179 Å². The van der Waals surface area contributed by atoms with Crippen molar-refractivity contribution in [3.8, 4) is 22.5 Å². The molecule has 3 aromatic carbocycles. The fraction of sp³-hybridized carbons (Fsp3) is 0.356. The van der Waals surface area contributed by atoms with E-state index in [1.165, 1.54) is 11.8 Å². The second-order valence-corrected chi connectivity index (χ2v) is 27.8. The third-order valence-corrected chi connectivity index (χ3v) is 16.7. The molecule has 1 radical (unpaired) electrons. The summed E-state index contributed by atoms with van der Waals surface area (Å²) in [6.45, 7) is 10.5. The largest absolute Gasteiger partial charge is 0 e. The number of benzene rings is 3. The van der Waals surface area contributed by atoms with E-state index in [-0.39, 0.29) is 36.5 Å². The summed E-state index contributed by atoms with van der Waals surface area (Å²) in [5.74, 6) is 4.50. The molecule has 1 aliphatic rings. The first-order chi connectivity index (χ1) is 25.7. The molecule has 7 aromatic rings. The Morgan fingerprint density at radius 1 is 0.827 bits per heavy atom. The molecule has 7 heteroatoms. The smallest absolute Gasteiger partial charge is 0 e. The van der Waals surface area contributed by atoms with E-state index < -0.39 is 26.0 Å². The average molecular weight is 933 g/mol. The third-order valence-electron chi connectivity index (χ3n) is 9.96. The summed E-state index contributed by atoms with van der Waals surface area (Å²) in [6.07, 6.45) is 4.68. The maximum absolute atomic E-state index is 9.41. The Morgan fingerprint density at radius 2 is 1.60 bits per heavy atom. The predicted octanol–water partition coefficient (Wildman–Crippen LogP) is 12.6. The third kappa shape index (κ3) is 7.86. The summed E-state index contributed by atoms with van der Waals surface area (Å²) in [6, 6.07) is 28.2. The molecule has 1 aliphatic heterocycles. The van der Waals surface area contributed by atoms with Crippen LogP contribution in [0.3, 0.4) is 0 Å². The van der Waals surface area contributed by atoms with Crippen LogP contribution >= 0.6 is 0 Å². The minimum atomic E-state index is -2.35. The average Bonchev–Trinajstić information content (AvgIpc) is 3.75. The maximum atomic E-state index is 9.41. The Labute approximate surface area is 330 Å². The van der Waals surface area contributed by atoms with Crippen molar-refractivity contribution >= 4 is 46.3 Å². The number of furan rings is 1. The molecule has 1 saturated heterocycles. The standard InChI is InChI=1S/C30H33GeN2O2.C15H16N.Ir/c1-18-17-32-24(16-23(18)19-12-14-31(5,6)15-13-19)22-9-7-8-20-21-10-11-25-26(28(21)35-27(20)22)33-29(34-25)30(2,3)4;1-15(2,3)13-9-10-16-14(11-13)12-7-5-4-6-8-12;/h7-8,10-11,16-17,19H,12-15H2,1-6H3;4-7,9-11H,1-3H3;/q2*-1;/i1D3,19D;;. The van der Waals surface area contributed by atoms with Crippen LogP contribution in [0.2, 0.25) is 22.0 Å². The topological polar surface area (TPSA) is 65.0 Å². The van der Waals surface area contributed by atoms with Crippen LogP contribution in [0.15, 0.2) is 88.0 Å². The zero-order valence-corrected chi connectivity index (χ0v) is 35.8. The van der Waals surface area contributed by atoms with Crippen molar-refractivity contribution in [1.29, 1.82) is 0 Å². The minimum Gasteiger partial charge on any atom is 0 e. The number of hydrogen-bond acceptors (Lipinski definition) is 5. The van der Waals surface area contributed by atoms with Crippen LogP contribution < -0.4 is 0 Å². The number of aryl methyl sites for hydroxylation is 1. The first-order valence-electron chi connectivity index (χ1n) is 19.9. The molecule has 52 heavy (non-hydrogen) atoms. The van der Waals surface area contributed by atoms with Crippen LogP contribution in [0.4, 0.5) is 0 Å². The minimum absolute atomic E-state index is 0. The van der Waals surface area contributed by atoms with Crippen LogP contribution in [0.25, 0.3) is 55.6 Å². The van der Waals surface area contributed by atoms with Crippen LogP contribution in [-0.2, 0) is 30.9 Å². The van der Waals surface area contributed by atoms with E-state index in [0.717, 1.165) is 32.5 Å². The van der Waals surface area contributed by atoms with Gasteiger partial charge in [0.15, 0.2) is 0 Å². The van der Waals surface area contributed by atoms with Crippen molar-refractivity contribution in [2.24, 2.45) is 0 Å². The van der Waals surface area contributed by atoms with Gasteiger partial charge in [0.25, 0.3) is 0 Å². The van der Waals surface area contributed by atoms with Gasteiger partial charge in [0.05, 0.1) is 0 Å². The van der Waals surface area contributed by atoms with Crippen molar-refractivity contribution in [2.45, 2.75) is 100.0 Å². The van der Waals surface area contributed by atoms with Gasteiger partial charge in [-0.1, -0.05) is 47.6 Å². The molecule has 271 valence electrons. The van der Waals surface area contributed by atoms with Gasteiger partial charge in [0.1, 0.15) is 0 Å². The van der Waals surface area contributed by atoms with Crippen molar-refractivity contribution < 1.29 is 34.4 Å². The van der Waals surface area contributed by atoms with E-state index in [1.807, 2.05) is 60.8 Å². The Hall–Kier alpha value is -3.58. The molecule has 5 heterocycles. The van der Waals surface area contributed by atoms with E-state index in [4.69, 9.17) is 17.9 Å². The molecule has 5 nitrogen and oxygen atoms in total. The summed E-state index contributed by atoms with van der Waals surface area (Å²) < 4.78 is 46.5. The molecular weight excluding hydrogens is 879 g/mol. The quantitative estimate of drug-likeness (QED) is 0.130. The maximum Gasteiger partial charge on any atom is 0 e. The number of aromatic nitrogens is 3. The monoisotopic (exact) mass is 934 g/mol. The summed E-state index contributed by atoms with van der Waals surface area (Å²) in [4.78, 5) is 13.8. The molecule has 0 aliphatic carbocycles. The number of pyridine rings is 2. The zero-order chi connectivity index (χ0) is 39.6. The second kappa shape index (κ2) is 14.7. The van der Waals surface area contributed by atoms with Crippen molar-refractivity contribution in [1.82, 2.24) is 15.0 Å². The number of nitrogens with zero attached hydrogens (tertiary/aromatic N) is 3. The zero-order valence-electron chi connectivity index (χ0n) is 35.3. The molecule has 1 fully saturated rings. The van der Waals surface area contributed by atoms with Gasteiger partial charge in [-0.25, -0.2) is 0 Å². The number of hydrogen-bond donors (Lipinski definition) is 0. The van der Waals surface area contributed by atoms with Gasteiger partial charge in [-0.2, -0.15) is 0 Å². The Bertz CT molecular complexity index is 2500. The van der Waals surface area contributed by atoms with E-state index in [1.54, 1.807) is 0 Å². The molecule has 8 rings (SSSR count). The van der Waals surface area contributed by atoms with Crippen molar-refractivity contribution in [3.05, 3.63) is 114 Å². The van der Waals surface area contributed by atoms with E-state index in [9.17, 15) is 1.37 Å². The Morgan fingerprint density at radius 3 is 2.29 bits per heavy atom. The van der Waals surface area contributed by atoms with Crippen LogP contribution in [0, 0.1) is 19.0 Å². The van der Waals surface area contributed by atoms with Crippen molar-refractivity contribution in [3.63, 3.8) is 0 Å². The number of fused-ring (bicyclic) bond motifs is 5. The van der Waals surface area contributed by atoms with Gasteiger partial charge < -0.3 is 9.40 Å². The van der Waals surface area contributed by atoms with Gasteiger partial charge in [-0.05, 0) is 22.7 Å². The fourth-order valence-electron chi connectivity index (χ4n) is 6.68. The van der Waals surface area contributed by atoms with Gasteiger partial charge in [0.2, 0.25) is 5.89 Å².